The summed E-state index contributed by atoms with van der Waals surface area (Å²) in [5.74, 6) is -0.925. The van der Waals surface area contributed by atoms with E-state index in [0.717, 1.165) is 19.3 Å². The van der Waals surface area contributed by atoms with Gasteiger partial charge in [0.25, 0.3) is 0 Å². The molecule has 0 aromatic carbocycles. The normalized spacial score (nSPS) is 9.76. The van der Waals surface area contributed by atoms with Gasteiger partial charge in [0.1, 0.15) is 0 Å². The van der Waals surface area contributed by atoms with Gasteiger partial charge in [-0.1, -0.05) is 33.6 Å². The summed E-state index contributed by atoms with van der Waals surface area (Å²) >= 11 is 0. The number of hydrogen-bond acceptors (Lipinski definition) is 5. The van der Waals surface area contributed by atoms with Gasteiger partial charge in [0.05, 0.1) is 0 Å². The Bertz CT molecular complexity index is 179. The second kappa shape index (κ2) is 12.4. The topological polar surface area (TPSA) is 109 Å². The molecule has 0 aromatic heterocycles. The Labute approximate surface area is 114 Å². The molecule has 0 aromatic rings. The van der Waals surface area contributed by atoms with Gasteiger partial charge in [-0.2, -0.15) is 0 Å². The van der Waals surface area contributed by atoms with Gasteiger partial charge in [0.15, 0.2) is 0 Å². The second-order valence-electron chi connectivity index (χ2n) is 4.78. The molecule has 0 rings (SSSR count). The van der Waals surface area contributed by atoms with Crippen molar-refractivity contribution in [3.8, 4) is 0 Å². The number of hydrogen-bond donors (Lipinski definition) is 0. The van der Waals surface area contributed by atoms with E-state index >= 15 is 0 Å². The smallest absolute Gasteiger partial charge is 0.907 e. The molecule has 0 amide bonds. The third-order valence-corrected chi connectivity index (χ3v) is 1.81. The van der Waals surface area contributed by atoms with Crippen molar-refractivity contribution in [1.82, 2.24) is 0 Å². The van der Waals surface area contributed by atoms with Crippen LogP contribution >= 0.6 is 0 Å². The van der Waals surface area contributed by atoms with E-state index in [2.05, 4.69) is 20.8 Å². The second-order valence-corrected chi connectivity index (χ2v) is 4.78. The minimum absolute atomic E-state index is 0. The van der Waals surface area contributed by atoms with E-state index in [9.17, 15) is 9.90 Å². The third kappa shape index (κ3) is 38.8. The van der Waals surface area contributed by atoms with Gasteiger partial charge in [-0.25, -0.2) is 0 Å². The average Bonchev–Trinajstić information content (AvgIpc) is 1.99. The van der Waals surface area contributed by atoms with Crippen LogP contribution in [0.1, 0.15) is 52.9 Å². The molecular formula is C10H19BMnO5. The predicted octanol–water partition coefficient (Wildman–Crippen LogP) is -2.22. The molecule has 0 aliphatic carbocycles. The third-order valence-electron chi connectivity index (χ3n) is 1.81. The van der Waals surface area contributed by atoms with Gasteiger partial charge in [-0.15, -0.1) is 0 Å². The number of carboxylic acid groups (broad SMARTS) is 1. The molecule has 0 heterocycles. The maximum atomic E-state index is 10.0. The zero-order valence-corrected chi connectivity index (χ0v) is 11.7. The molecule has 7 heteroatoms. The van der Waals surface area contributed by atoms with Crippen LogP contribution in [0.4, 0.5) is 0 Å². The van der Waals surface area contributed by atoms with Crippen molar-refractivity contribution in [2.24, 2.45) is 5.41 Å². The van der Waals surface area contributed by atoms with Crippen LogP contribution in [-0.4, -0.2) is 13.3 Å². The van der Waals surface area contributed by atoms with Crippen LogP contribution in [0.25, 0.3) is 0 Å². The molecule has 0 N–H and O–H groups in total. The average molecular weight is 285 g/mol. The number of unbranched alkanes of at least 4 members (excludes halogenated alkanes) is 2. The molecule has 5 nitrogen and oxygen atoms in total. The van der Waals surface area contributed by atoms with Crippen LogP contribution in [0.2, 0.25) is 0 Å². The molecule has 0 saturated heterocycles. The molecule has 0 saturated carbocycles. The first kappa shape index (κ1) is 22.1. The zero-order chi connectivity index (χ0) is 13.2. The van der Waals surface area contributed by atoms with Crippen LogP contribution in [0, 0.1) is 5.41 Å². The molecule has 0 unspecified atom stereocenters. The van der Waals surface area contributed by atoms with Gasteiger partial charge >= 0.3 is 17.1 Å². The number of carboxylic acids is 1. The van der Waals surface area contributed by atoms with E-state index in [1.807, 2.05) is 0 Å². The number of aliphatic carboxylic acids is 1. The molecule has 0 fully saturated rings. The van der Waals surface area contributed by atoms with E-state index in [-0.39, 0.29) is 23.5 Å². The standard InChI is InChI=1S/C10H20O2.BO3.Mn/c1-10(2,3)8-6-4-5-7-9(11)12;2-1(3)4;/h4-8H2,1-3H3,(H,11,12);;/q;-3;+4/p-1. The number of rotatable bonds is 5. The van der Waals surface area contributed by atoms with Gasteiger partial charge < -0.3 is 25.0 Å². The van der Waals surface area contributed by atoms with Crippen LogP contribution in [0.3, 0.4) is 0 Å². The van der Waals surface area contributed by atoms with E-state index in [4.69, 9.17) is 15.1 Å². The largest absolute Gasteiger partial charge is 4.00 e. The van der Waals surface area contributed by atoms with Crippen molar-refractivity contribution in [1.29, 1.82) is 0 Å². The maximum absolute atomic E-state index is 10.0. The Balaban J connectivity index is -0.000000340. The Morgan fingerprint density at radius 2 is 1.47 bits per heavy atom. The Morgan fingerprint density at radius 1 is 1.06 bits per heavy atom. The van der Waals surface area contributed by atoms with Crippen molar-refractivity contribution >= 4 is 13.3 Å². The van der Waals surface area contributed by atoms with E-state index in [1.165, 1.54) is 6.42 Å². The first-order valence-corrected chi connectivity index (χ1v) is 5.32. The van der Waals surface area contributed by atoms with Crippen LogP contribution < -0.4 is 20.2 Å². The van der Waals surface area contributed by atoms with Crippen LogP contribution in [0.15, 0.2) is 0 Å². The summed E-state index contributed by atoms with van der Waals surface area (Å²) in [4.78, 5) is 10.0. The summed E-state index contributed by atoms with van der Waals surface area (Å²) in [6, 6.07) is 0. The summed E-state index contributed by atoms with van der Waals surface area (Å²) in [5, 5.41) is 35.3. The Kier molecular flexibility index (Phi) is 16.1. The SMILES string of the molecule is CC(C)(C)CCCCCC(=O)[O-].[Mn+4].[O-]B([O-])[O-]. The fourth-order valence-electron chi connectivity index (χ4n) is 1.10. The molecule has 1 radical (unpaired) electrons. The molecule has 17 heavy (non-hydrogen) atoms. The Morgan fingerprint density at radius 3 is 1.76 bits per heavy atom. The summed E-state index contributed by atoms with van der Waals surface area (Å²) in [5.41, 5.74) is 0.376. The van der Waals surface area contributed by atoms with Crippen LogP contribution in [0.5, 0.6) is 0 Å². The minimum atomic E-state index is -2.92. The van der Waals surface area contributed by atoms with Crippen molar-refractivity contribution in [3.05, 3.63) is 0 Å². The van der Waals surface area contributed by atoms with E-state index < -0.39 is 13.3 Å². The van der Waals surface area contributed by atoms with Gasteiger partial charge in [0.2, 0.25) is 0 Å². The molecule has 0 atom stereocenters. The van der Waals surface area contributed by atoms with Crippen molar-refractivity contribution in [2.75, 3.05) is 0 Å². The summed E-state index contributed by atoms with van der Waals surface area (Å²) in [6.45, 7) is 6.60. The van der Waals surface area contributed by atoms with Gasteiger partial charge in [-0.05, 0) is 24.7 Å². The zero-order valence-electron chi connectivity index (χ0n) is 10.5. The Hall–Kier alpha value is -0.0656. The number of carbonyl (C=O) groups is 1. The molecule has 99 valence electrons. The molecule has 0 aliphatic rings. The minimum Gasteiger partial charge on any atom is -0.907 e. The first-order chi connectivity index (χ1) is 7.15. The monoisotopic (exact) mass is 285 g/mol. The summed E-state index contributed by atoms with van der Waals surface area (Å²) in [6.07, 6.45) is 4.27. The molecular weight excluding hydrogens is 266 g/mol. The molecule has 0 spiro atoms. The van der Waals surface area contributed by atoms with Crippen molar-refractivity contribution in [2.45, 2.75) is 52.9 Å². The first-order valence-electron chi connectivity index (χ1n) is 5.32. The van der Waals surface area contributed by atoms with Crippen molar-refractivity contribution < 1.29 is 42.0 Å². The van der Waals surface area contributed by atoms with E-state index in [1.54, 1.807) is 0 Å². The van der Waals surface area contributed by atoms with Gasteiger partial charge in [-0.3, -0.25) is 7.32 Å². The predicted molar refractivity (Wildman–Crippen MR) is 53.3 cm³/mol. The van der Waals surface area contributed by atoms with Crippen molar-refractivity contribution in [3.63, 3.8) is 0 Å². The van der Waals surface area contributed by atoms with Crippen LogP contribution in [-0.2, 0) is 21.9 Å². The molecule has 0 bridgehead atoms. The summed E-state index contributed by atoms with van der Waals surface area (Å²) in [7, 11) is -2.92. The van der Waals surface area contributed by atoms with E-state index in [0.29, 0.717) is 5.41 Å². The maximum Gasteiger partial charge on any atom is 4.00 e. The fourth-order valence-corrected chi connectivity index (χ4v) is 1.10. The number of carbonyl (C=O) groups excluding carboxylic acids is 1. The molecule has 0 aliphatic heterocycles. The summed E-state index contributed by atoms with van der Waals surface area (Å²) < 4.78 is 0. The van der Waals surface area contributed by atoms with Gasteiger partial charge in [0, 0.05) is 5.97 Å². The fraction of sp³-hybridized carbons (Fsp3) is 0.900. The quantitative estimate of drug-likeness (QED) is 0.420.